The Morgan fingerprint density at radius 2 is 2.29 bits per heavy atom. The molecule has 0 spiro atoms. The lowest BCUT2D eigenvalue weighted by atomic mass is 10.3. The van der Waals surface area contributed by atoms with Crippen molar-refractivity contribution in [3.05, 3.63) is 37.3 Å². The van der Waals surface area contributed by atoms with Gasteiger partial charge in [-0.1, -0.05) is 12.7 Å². The lowest BCUT2D eigenvalue weighted by Gasteiger charge is -2.03. The fourth-order valence-corrected chi connectivity index (χ4v) is 1.13. The van der Waals surface area contributed by atoms with Crippen LogP contribution in [0.3, 0.4) is 0 Å². The molecule has 0 aromatic carbocycles. The first-order valence-corrected chi connectivity index (χ1v) is 4.21. The molecule has 4 nitrogen and oxygen atoms in total. The topological polar surface area (TPSA) is 47.9 Å². The molecule has 0 atom stereocenters. The molecule has 0 aliphatic heterocycles. The number of fused-ring (bicyclic) bond motifs is 1. The van der Waals surface area contributed by atoms with Gasteiger partial charge in [-0.25, -0.2) is 15.0 Å². The first kappa shape index (κ1) is 8.62. The van der Waals surface area contributed by atoms with Gasteiger partial charge in [0.05, 0.1) is 5.39 Å². The summed E-state index contributed by atoms with van der Waals surface area (Å²) >= 11 is 0. The zero-order valence-corrected chi connectivity index (χ0v) is 7.55. The molecule has 2 heterocycles. The fraction of sp³-hybridized carbons (Fsp3) is 0.100. The third kappa shape index (κ3) is 1.54. The fourth-order valence-electron chi connectivity index (χ4n) is 1.13. The Morgan fingerprint density at radius 1 is 1.36 bits per heavy atom. The summed E-state index contributed by atoms with van der Waals surface area (Å²) in [6, 6.07) is 3.70. The van der Waals surface area contributed by atoms with E-state index in [-0.39, 0.29) is 0 Å². The number of aromatic nitrogens is 3. The minimum absolute atomic E-state index is 0.432. The molecule has 0 N–H and O–H groups in total. The van der Waals surface area contributed by atoms with Gasteiger partial charge in [-0.15, -0.1) is 0 Å². The summed E-state index contributed by atoms with van der Waals surface area (Å²) in [6.07, 6.45) is 4.80. The quantitative estimate of drug-likeness (QED) is 0.684. The van der Waals surface area contributed by atoms with Gasteiger partial charge in [-0.3, -0.25) is 0 Å². The second kappa shape index (κ2) is 3.83. The van der Waals surface area contributed by atoms with E-state index in [0.717, 1.165) is 5.39 Å². The largest absolute Gasteiger partial charge is 0.473 e. The first-order chi connectivity index (χ1) is 6.92. The minimum atomic E-state index is 0.432. The van der Waals surface area contributed by atoms with E-state index in [9.17, 15) is 0 Å². The molecule has 2 aromatic heterocycles. The van der Waals surface area contributed by atoms with Crippen LogP contribution in [0.5, 0.6) is 5.88 Å². The van der Waals surface area contributed by atoms with E-state index in [1.54, 1.807) is 12.3 Å². The summed E-state index contributed by atoms with van der Waals surface area (Å²) in [7, 11) is 0. The third-order valence-electron chi connectivity index (χ3n) is 1.71. The number of rotatable bonds is 3. The molecule has 14 heavy (non-hydrogen) atoms. The SMILES string of the molecule is C=CCOc1ncnc2ncccc12. The van der Waals surface area contributed by atoms with Crippen molar-refractivity contribution in [3.8, 4) is 5.88 Å². The van der Waals surface area contributed by atoms with Crippen LogP contribution in [0.4, 0.5) is 0 Å². The molecular weight excluding hydrogens is 178 g/mol. The molecule has 2 aromatic rings. The van der Waals surface area contributed by atoms with Gasteiger partial charge in [0.25, 0.3) is 0 Å². The monoisotopic (exact) mass is 187 g/mol. The lowest BCUT2D eigenvalue weighted by Crippen LogP contribution is -1.97. The maximum Gasteiger partial charge on any atom is 0.226 e. The Morgan fingerprint density at radius 3 is 3.14 bits per heavy atom. The normalized spacial score (nSPS) is 10.0. The molecule has 0 saturated carbocycles. The van der Waals surface area contributed by atoms with E-state index in [1.807, 2.05) is 12.1 Å². The Bertz CT molecular complexity index is 451. The Balaban J connectivity index is 2.48. The number of pyridine rings is 1. The van der Waals surface area contributed by atoms with Crippen molar-refractivity contribution >= 4 is 11.0 Å². The van der Waals surface area contributed by atoms with Gasteiger partial charge < -0.3 is 4.74 Å². The summed E-state index contributed by atoms with van der Waals surface area (Å²) in [4.78, 5) is 12.1. The molecule has 0 bridgehead atoms. The average Bonchev–Trinajstić information content (AvgIpc) is 2.26. The van der Waals surface area contributed by atoms with Crippen molar-refractivity contribution in [2.24, 2.45) is 0 Å². The van der Waals surface area contributed by atoms with Crippen LogP contribution in [0.2, 0.25) is 0 Å². The van der Waals surface area contributed by atoms with Crippen LogP contribution in [-0.2, 0) is 0 Å². The van der Waals surface area contributed by atoms with Gasteiger partial charge in [-0.05, 0) is 12.1 Å². The van der Waals surface area contributed by atoms with E-state index in [0.29, 0.717) is 18.1 Å². The number of nitrogens with zero attached hydrogens (tertiary/aromatic N) is 3. The van der Waals surface area contributed by atoms with E-state index >= 15 is 0 Å². The second-order valence-corrected chi connectivity index (χ2v) is 2.65. The van der Waals surface area contributed by atoms with Gasteiger partial charge in [0.2, 0.25) is 5.88 Å². The van der Waals surface area contributed by atoms with E-state index in [1.165, 1.54) is 6.33 Å². The lowest BCUT2D eigenvalue weighted by molar-refractivity contribution is 0.353. The van der Waals surface area contributed by atoms with Crippen LogP contribution in [0.15, 0.2) is 37.3 Å². The van der Waals surface area contributed by atoms with Gasteiger partial charge in [-0.2, -0.15) is 0 Å². The molecular formula is C10H9N3O. The summed E-state index contributed by atoms with van der Waals surface area (Å²) in [5.41, 5.74) is 0.640. The van der Waals surface area contributed by atoms with Crippen molar-refractivity contribution in [1.29, 1.82) is 0 Å². The van der Waals surface area contributed by atoms with E-state index < -0.39 is 0 Å². The predicted octanol–water partition coefficient (Wildman–Crippen LogP) is 1.59. The molecule has 70 valence electrons. The Hall–Kier alpha value is -1.97. The summed E-state index contributed by atoms with van der Waals surface area (Å²) in [6.45, 7) is 4.00. The highest BCUT2D eigenvalue weighted by atomic mass is 16.5. The summed E-state index contributed by atoms with van der Waals surface area (Å²) < 4.78 is 5.36. The van der Waals surface area contributed by atoms with Crippen molar-refractivity contribution in [2.75, 3.05) is 6.61 Å². The average molecular weight is 187 g/mol. The molecule has 0 aliphatic carbocycles. The highest BCUT2D eigenvalue weighted by Gasteiger charge is 2.03. The summed E-state index contributed by atoms with van der Waals surface area (Å²) in [5.74, 6) is 0.544. The predicted molar refractivity (Wildman–Crippen MR) is 53.0 cm³/mol. The van der Waals surface area contributed by atoms with Crippen molar-refractivity contribution in [3.63, 3.8) is 0 Å². The molecule has 4 heteroatoms. The van der Waals surface area contributed by atoms with Gasteiger partial charge in [0.15, 0.2) is 5.65 Å². The molecule has 0 aliphatic rings. The second-order valence-electron chi connectivity index (χ2n) is 2.65. The Labute approximate surface area is 81.3 Å². The maximum atomic E-state index is 5.36. The Kier molecular flexibility index (Phi) is 2.36. The minimum Gasteiger partial charge on any atom is -0.473 e. The number of hydrogen-bond acceptors (Lipinski definition) is 4. The van der Waals surface area contributed by atoms with Crippen molar-refractivity contribution in [2.45, 2.75) is 0 Å². The molecule has 0 amide bonds. The third-order valence-corrected chi connectivity index (χ3v) is 1.71. The first-order valence-electron chi connectivity index (χ1n) is 4.21. The van der Waals surface area contributed by atoms with Crippen LogP contribution in [0, 0.1) is 0 Å². The number of hydrogen-bond donors (Lipinski definition) is 0. The van der Waals surface area contributed by atoms with Crippen LogP contribution >= 0.6 is 0 Å². The highest BCUT2D eigenvalue weighted by Crippen LogP contribution is 2.18. The molecule has 0 saturated heterocycles. The van der Waals surface area contributed by atoms with Crippen molar-refractivity contribution < 1.29 is 4.74 Å². The molecule has 0 radical (unpaired) electrons. The standard InChI is InChI=1S/C10H9N3O/c1-2-6-14-10-8-4-3-5-11-9(8)12-7-13-10/h2-5,7H,1,6H2. The van der Waals surface area contributed by atoms with Crippen molar-refractivity contribution in [1.82, 2.24) is 15.0 Å². The van der Waals surface area contributed by atoms with Crippen LogP contribution in [0.1, 0.15) is 0 Å². The zero-order valence-electron chi connectivity index (χ0n) is 7.55. The smallest absolute Gasteiger partial charge is 0.226 e. The van der Waals surface area contributed by atoms with Gasteiger partial charge in [0, 0.05) is 6.20 Å². The van der Waals surface area contributed by atoms with E-state index in [2.05, 4.69) is 21.5 Å². The van der Waals surface area contributed by atoms with E-state index in [4.69, 9.17) is 4.74 Å². The van der Waals surface area contributed by atoms with Gasteiger partial charge in [0.1, 0.15) is 12.9 Å². The number of ether oxygens (including phenoxy) is 1. The highest BCUT2D eigenvalue weighted by molar-refractivity contribution is 5.79. The molecule has 0 fully saturated rings. The maximum absolute atomic E-state index is 5.36. The molecule has 2 rings (SSSR count). The van der Waals surface area contributed by atoms with Gasteiger partial charge >= 0.3 is 0 Å². The van der Waals surface area contributed by atoms with Crippen LogP contribution in [0.25, 0.3) is 11.0 Å². The summed E-state index contributed by atoms with van der Waals surface area (Å²) in [5, 5.41) is 0.817. The zero-order chi connectivity index (χ0) is 9.80. The van der Waals surface area contributed by atoms with Crippen LogP contribution < -0.4 is 4.74 Å². The van der Waals surface area contributed by atoms with Crippen LogP contribution in [-0.4, -0.2) is 21.6 Å². The molecule has 0 unspecified atom stereocenters.